The van der Waals surface area contributed by atoms with Crippen molar-refractivity contribution in [2.45, 2.75) is 13.5 Å². The molecule has 1 amide bonds. The number of hydrogen-bond donors (Lipinski definition) is 1. The SMILES string of the molecule is Cc1ncc(CN(C)C(=O)c2ccc(N(C)C)c(N)c2)s1. The van der Waals surface area contributed by atoms with E-state index in [1.807, 2.05) is 44.2 Å². The average Bonchev–Trinajstić information content (AvgIpc) is 2.82. The zero-order valence-electron chi connectivity index (χ0n) is 12.8. The van der Waals surface area contributed by atoms with Gasteiger partial charge in [-0.1, -0.05) is 0 Å². The van der Waals surface area contributed by atoms with Crippen LogP contribution in [0.3, 0.4) is 0 Å². The lowest BCUT2D eigenvalue weighted by Crippen LogP contribution is -2.26. The Morgan fingerprint density at radius 3 is 2.57 bits per heavy atom. The van der Waals surface area contributed by atoms with Gasteiger partial charge in [-0.15, -0.1) is 11.3 Å². The van der Waals surface area contributed by atoms with Gasteiger partial charge in [-0.05, 0) is 25.1 Å². The zero-order valence-corrected chi connectivity index (χ0v) is 13.6. The summed E-state index contributed by atoms with van der Waals surface area (Å²) in [4.78, 5) is 21.3. The molecule has 0 aliphatic heterocycles. The third-order valence-corrected chi connectivity index (χ3v) is 4.06. The molecule has 0 bridgehead atoms. The van der Waals surface area contributed by atoms with Gasteiger partial charge in [-0.3, -0.25) is 4.79 Å². The Bertz CT molecular complexity index is 651. The topological polar surface area (TPSA) is 62.5 Å². The van der Waals surface area contributed by atoms with Crippen LogP contribution in [0.2, 0.25) is 0 Å². The van der Waals surface area contributed by atoms with Crippen molar-refractivity contribution in [2.24, 2.45) is 0 Å². The standard InChI is InChI=1S/C15H20N4OS/c1-10-17-8-12(21-10)9-19(4)15(20)11-5-6-14(18(2)3)13(16)7-11/h5-8H,9,16H2,1-4H3. The van der Waals surface area contributed by atoms with Crippen molar-refractivity contribution in [2.75, 3.05) is 31.8 Å². The second kappa shape index (κ2) is 6.13. The number of thiazole rings is 1. The van der Waals surface area contributed by atoms with Gasteiger partial charge in [0, 0.05) is 37.8 Å². The van der Waals surface area contributed by atoms with Crippen LogP contribution in [0.4, 0.5) is 11.4 Å². The monoisotopic (exact) mass is 304 g/mol. The number of aryl methyl sites for hydroxylation is 1. The van der Waals surface area contributed by atoms with Gasteiger partial charge in [0.15, 0.2) is 0 Å². The molecular formula is C15H20N4OS. The Labute approximate surface area is 129 Å². The summed E-state index contributed by atoms with van der Waals surface area (Å²) in [5, 5.41) is 1.01. The van der Waals surface area contributed by atoms with Crippen LogP contribution in [-0.4, -0.2) is 36.9 Å². The third kappa shape index (κ3) is 3.52. The van der Waals surface area contributed by atoms with E-state index < -0.39 is 0 Å². The molecule has 0 aliphatic carbocycles. The van der Waals surface area contributed by atoms with Crippen molar-refractivity contribution in [1.82, 2.24) is 9.88 Å². The van der Waals surface area contributed by atoms with Gasteiger partial charge in [-0.25, -0.2) is 4.98 Å². The zero-order chi connectivity index (χ0) is 15.6. The molecule has 21 heavy (non-hydrogen) atoms. The van der Waals surface area contributed by atoms with Crippen molar-refractivity contribution in [3.05, 3.63) is 39.8 Å². The molecule has 6 heteroatoms. The molecule has 112 valence electrons. The summed E-state index contributed by atoms with van der Waals surface area (Å²) in [6, 6.07) is 5.40. The molecule has 1 aromatic carbocycles. The first-order chi connectivity index (χ1) is 9.88. The van der Waals surface area contributed by atoms with Crippen molar-refractivity contribution < 1.29 is 4.79 Å². The number of aromatic nitrogens is 1. The molecule has 0 saturated heterocycles. The Morgan fingerprint density at radius 1 is 1.33 bits per heavy atom. The summed E-state index contributed by atoms with van der Waals surface area (Å²) in [7, 11) is 5.63. The lowest BCUT2D eigenvalue weighted by molar-refractivity contribution is 0.0786. The Morgan fingerprint density at radius 2 is 2.05 bits per heavy atom. The predicted molar refractivity (Wildman–Crippen MR) is 87.8 cm³/mol. The maximum atomic E-state index is 12.4. The van der Waals surface area contributed by atoms with Crippen LogP contribution >= 0.6 is 11.3 Å². The van der Waals surface area contributed by atoms with Crippen LogP contribution in [0, 0.1) is 6.92 Å². The number of carbonyl (C=O) groups is 1. The van der Waals surface area contributed by atoms with Gasteiger partial charge in [0.05, 0.1) is 22.9 Å². The van der Waals surface area contributed by atoms with E-state index >= 15 is 0 Å². The molecule has 1 aromatic heterocycles. The van der Waals surface area contributed by atoms with Gasteiger partial charge in [0.1, 0.15) is 0 Å². The van der Waals surface area contributed by atoms with E-state index in [0.717, 1.165) is 15.6 Å². The Balaban J connectivity index is 2.14. The minimum Gasteiger partial charge on any atom is -0.397 e. The number of amides is 1. The van der Waals surface area contributed by atoms with Crippen molar-refractivity contribution in [3.63, 3.8) is 0 Å². The van der Waals surface area contributed by atoms with Gasteiger partial charge in [0.25, 0.3) is 5.91 Å². The van der Waals surface area contributed by atoms with Gasteiger partial charge in [0.2, 0.25) is 0 Å². The summed E-state index contributed by atoms with van der Waals surface area (Å²) in [5.41, 5.74) is 8.11. The number of rotatable bonds is 4. The molecule has 0 radical (unpaired) electrons. The average molecular weight is 304 g/mol. The van der Waals surface area contributed by atoms with E-state index in [1.54, 1.807) is 29.4 Å². The molecule has 0 fully saturated rings. The number of hydrogen-bond acceptors (Lipinski definition) is 5. The summed E-state index contributed by atoms with van der Waals surface area (Å²) in [6.45, 7) is 2.51. The summed E-state index contributed by atoms with van der Waals surface area (Å²) < 4.78 is 0. The number of anilines is 2. The molecular weight excluding hydrogens is 284 g/mol. The number of nitrogens with two attached hydrogens (primary N) is 1. The lowest BCUT2D eigenvalue weighted by Gasteiger charge is -2.19. The minimum absolute atomic E-state index is 0.0435. The molecule has 0 spiro atoms. The largest absolute Gasteiger partial charge is 0.397 e. The molecule has 2 rings (SSSR count). The van der Waals surface area contributed by atoms with Gasteiger partial charge in [-0.2, -0.15) is 0 Å². The second-order valence-corrected chi connectivity index (χ2v) is 6.49. The van der Waals surface area contributed by atoms with Gasteiger partial charge < -0.3 is 15.5 Å². The smallest absolute Gasteiger partial charge is 0.254 e. The lowest BCUT2D eigenvalue weighted by atomic mass is 10.1. The summed E-state index contributed by atoms with van der Waals surface area (Å²) >= 11 is 1.60. The van der Waals surface area contributed by atoms with Crippen LogP contribution in [0.1, 0.15) is 20.2 Å². The van der Waals surface area contributed by atoms with Gasteiger partial charge >= 0.3 is 0 Å². The number of nitrogens with zero attached hydrogens (tertiary/aromatic N) is 3. The highest BCUT2D eigenvalue weighted by atomic mass is 32.1. The Hall–Kier alpha value is -2.08. The fourth-order valence-corrected chi connectivity index (χ4v) is 2.95. The highest BCUT2D eigenvalue weighted by Crippen LogP contribution is 2.23. The minimum atomic E-state index is -0.0435. The maximum Gasteiger partial charge on any atom is 0.254 e. The molecule has 0 atom stereocenters. The molecule has 2 N–H and O–H groups in total. The molecule has 5 nitrogen and oxygen atoms in total. The predicted octanol–water partition coefficient (Wildman–Crippen LogP) is 2.37. The van der Waals surface area contributed by atoms with E-state index in [4.69, 9.17) is 5.73 Å². The molecule has 0 aliphatic rings. The normalized spacial score (nSPS) is 10.5. The first kappa shape index (κ1) is 15.3. The van der Waals surface area contributed by atoms with Crippen molar-refractivity contribution in [3.8, 4) is 0 Å². The van der Waals surface area contributed by atoms with Crippen LogP contribution in [0.5, 0.6) is 0 Å². The molecule has 0 saturated carbocycles. The van der Waals surface area contributed by atoms with Crippen LogP contribution in [-0.2, 0) is 6.54 Å². The van der Waals surface area contributed by atoms with Crippen LogP contribution in [0.15, 0.2) is 24.4 Å². The number of benzene rings is 1. The van der Waals surface area contributed by atoms with E-state index in [0.29, 0.717) is 17.8 Å². The van der Waals surface area contributed by atoms with E-state index in [2.05, 4.69) is 4.98 Å². The quantitative estimate of drug-likeness (QED) is 0.881. The second-order valence-electron chi connectivity index (χ2n) is 5.17. The number of nitrogen functional groups attached to an aromatic ring is 1. The highest BCUT2D eigenvalue weighted by Gasteiger charge is 2.14. The molecule has 2 aromatic rings. The highest BCUT2D eigenvalue weighted by molar-refractivity contribution is 7.11. The van der Waals surface area contributed by atoms with E-state index in [9.17, 15) is 4.79 Å². The third-order valence-electron chi connectivity index (χ3n) is 3.17. The van der Waals surface area contributed by atoms with Crippen LogP contribution in [0.25, 0.3) is 0 Å². The summed E-state index contributed by atoms with van der Waals surface area (Å²) in [6.07, 6.45) is 1.81. The summed E-state index contributed by atoms with van der Waals surface area (Å²) in [5.74, 6) is -0.0435. The first-order valence-corrected chi connectivity index (χ1v) is 7.43. The molecule has 0 unspecified atom stereocenters. The Kier molecular flexibility index (Phi) is 4.47. The first-order valence-electron chi connectivity index (χ1n) is 6.62. The maximum absolute atomic E-state index is 12.4. The fourth-order valence-electron chi connectivity index (χ4n) is 2.10. The van der Waals surface area contributed by atoms with Crippen molar-refractivity contribution in [1.29, 1.82) is 0 Å². The molecule has 1 heterocycles. The van der Waals surface area contributed by atoms with Crippen LogP contribution < -0.4 is 10.6 Å². The van der Waals surface area contributed by atoms with E-state index in [-0.39, 0.29) is 5.91 Å². The van der Waals surface area contributed by atoms with E-state index in [1.165, 1.54) is 0 Å². The van der Waals surface area contributed by atoms with Crippen molar-refractivity contribution >= 4 is 28.6 Å². The fraction of sp³-hybridized carbons (Fsp3) is 0.333. The number of carbonyl (C=O) groups excluding carboxylic acids is 1.